The summed E-state index contributed by atoms with van der Waals surface area (Å²) in [5.74, 6) is -5.92. The zero-order valence-corrected chi connectivity index (χ0v) is 16.8. The van der Waals surface area contributed by atoms with Crippen molar-refractivity contribution in [2.24, 2.45) is 5.92 Å². The Hall–Kier alpha value is -3.89. The summed E-state index contributed by atoms with van der Waals surface area (Å²) >= 11 is 0. The maximum atomic E-state index is 13.4. The average molecular weight is 445 g/mol. The van der Waals surface area contributed by atoms with Gasteiger partial charge in [0.15, 0.2) is 17.5 Å². The predicted octanol–water partition coefficient (Wildman–Crippen LogP) is 2.59. The molecule has 0 bridgehead atoms. The van der Waals surface area contributed by atoms with Crippen molar-refractivity contribution in [1.82, 2.24) is 20.1 Å². The van der Waals surface area contributed by atoms with Crippen LogP contribution in [0.5, 0.6) is 0 Å². The Balaban J connectivity index is 1.44. The number of carbonyl (C=O) groups excluding carboxylic acids is 2. The molecule has 3 aromatic rings. The van der Waals surface area contributed by atoms with Crippen LogP contribution >= 0.6 is 0 Å². The van der Waals surface area contributed by atoms with Crippen LogP contribution in [0.25, 0.3) is 11.3 Å². The molecule has 166 valence electrons. The maximum Gasteiger partial charge on any atom is 0.273 e. The van der Waals surface area contributed by atoms with Gasteiger partial charge in [0.05, 0.1) is 23.4 Å². The number of aromatic amines is 2. The van der Waals surface area contributed by atoms with E-state index in [-0.39, 0.29) is 23.8 Å². The van der Waals surface area contributed by atoms with Crippen molar-refractivity contribution in [2.75, 3.05) is 18.4 Å². The Kier molecular flexibility index (Phi) is 5.56. The van der Waals surface area contributed by atoms with E-state index in [1.54, 1.807) is 19.1 Å². The van der Waals surface area contributed by atoms with Gasteiger partial charge in [-0.05, 0) is 31.0 Å². The number of halogens is 3. The lowest BCUT2D eigenvalue weighted by molar-refractivity contribution is -0.119. The summed E-state index contributed by atoms with van der Waals surface area (Å²) in [4.78, 5) is 41.7. The zero-order chi connectivity index (χ0) is 23.0. The number of hydrogen-bond acceptors (Lipinski definition) is 4. The van der Waals surface area contributed by atoms with Crippen molar-refractivity contribution in [3.05, 3.63) is 69.5 Å². The van der Waals surface area contributed by atoms with Crippen LogP contribution in [0.1, 0.15) is 22.5 Å². The number of amides is 2. The molecule has 1 aliphatic heterocycles. The number of aromatic nitrogens is 3. The predicted molar refractivity (Wildman–Crippen MR) is 108 cm³/mol. The highest BCUT2D eigenvalue weighted by Gasteiger charge is 2.32. The van der Waals surface area contributed by atoms with Crippen molar-refractivity contribution in [3.8, 4) is 11.3 Å². The second-order valence-corrected chi connectivity index (χ2v) is 7.52. The first-order chi connectivity index (χ1) is 15.2. The molecule has 0 unspecified atom stereocenters. The van der Waals surface area contributed by atoms with Gasteiger partial charge in [-0.2, -0.15) is 5.10 Å². The number of nitrogens with zero attached hydrogens (tertiary/aromatic N) is 2. The first-order valence-electron chi connectivity index (χ1n) is 9.73. The first kappa shape index (κ1) is 21.3. The summed E-state index contributed by atoms with van der Waals surface area (Å²) in [5.41, 5.74) is 1.13. The van der Waals surface area contributed by atoms with Gasteiger partial charge in [-0.3, -0.25) is 14.4 Å². The lowest BCUT2D eigenvalue weighted by Gasteiger charge is -2.16. The number of anilines is 1. The zero-order valence-electron chi connectivity index (χ0n) is 16.8. The molecule has 11 heteroatoms. The second kappa shape index (κ2) is 8.33. The van der Waals surface area contributed by atoms with Crippen LogP contribution in [0.4, 0.5) is 18.9 Å². The minimum atomic E-state index is -1.62. The first-order valence-corrected chi connectivity index (χ1v) is 9.73. The number of H-pyrrole nitrogens is 2. The van der Waals surface area contributed by atoms with Crippen LogP contribution in [0.15, 0.2) is 35.3 Å². The topological polar surface area (TPSA) is 111 Å². The molecule has 4 rings (SSSR count). The Morgan fingerprint density at radius 2 is 1.91 bits per heavy atom. The number of benzene rings is 1. The normalized spacial score (nSPS) is 15.8. The van der Waals surface area contributed by atoms with Crippen molar-refractivity contribution < 1.29 is 22.8 Å². The minimum Gasteiger partial charge on any atom is -0.350 e. The van der Waals surface area contributed by atoms with E-state index in [1.165, 1.54) is 11.1 Å². The van der Waals surface area contributed by atoms with Crippen LogP contribution < -0.4 is 10.9 Å². The molecule has 1 atom stereocenters. The van der Waals surface area contributed by atoms with Crippen molar-refractivity contribution in [1.29, 1.82) is 0 Å². The smallest absolute Gasteiger partial charge is 0.273 e. The fourth-order valence-corrected chi connectivity index (χ4v) is 3.69. The summed E-state index contributed by atoms with van der Waals surface area (Å²) in [6.07, 6.45) is 1.85. The molecule has 0 saturated carbocycles. The van der Waals surface area contributed by atoms with Crippen LogP contribution in [0.3, 0.4) is 0 Å². The van der Waals surface area contributed by atoms with Crippen molar-refractivity contribution >= 4 is 17.5 Å². The molecular formula is C21H18F3N5O3. The molecule has 2 aromatic heterocycles. The Bertz CT molecular complexity index is 1250. The molecule has 1 saturated heterocycles. The lowest BCUT2D eigenvalue weighted by Crippen LogP contribution is -2.31. The largest absolute Gasteiger partial charge is 0.350 e. The Morgan fingerprint density at radius 3 is 2.59 bits per heavy atom. The highest BCUT2D eigenvalue weighted by molar-refractivity contribution is 5.96. The fourth-order valence-electron chi connectivity index (χ4n) is 3.69. The van der Waals surface area contributed by atoms with Gasteiger partial charge in [0, 0.05) is 30.9 Å². The third-order valence-electron chi connectivity index (χ3n) is 5.33. The minimum absolute atomic E-state index is 0.0973. The van der Waals surface area contributed by atoms with Crippen LogP contribution in [0, 0.1) is 30.3 Å². The van der Waals surface area contributed by atoms with Crippen molar-refractivity contribution in [3.63, 3.8) is 0 Å². The number of likely N-dealkylation sites (tertiary alicyclic amines) is 1. The molecular weight excluding hydrogens is 427 g/mol. The Labute approximate surface area is 179 Å². The van der Waals surface area contributed by atoms with Crippen LogP contribution in [0.2, 0.25) is 0 Å². The molecule has 1 aliphatic rings. The summed E-state index contributed by atoms with van der Waals surface area (Å²) < 4.78 is 39.8. The quantitative estimate of drug-likeness (QED) is 0.536. The van der Waals surface area contributed by atoms with Gasteiger partial charge < -0.3 is 15.2 Å². The van der Waals surface area contributed by atoms with E-state index in [0.29, 0.717) is 41.9 Å². The van der Waals surface area contributed by atoms with Gasteiger partial charge in [-0.1, -0.05) is 0 Å². The van der Waals surface area contributed by atoms with Gasteiger partial charge in [0.2, 0.25) is 5.91 Å². The molecule has 0 radical (unpaired) electrons. The van der Waals surface area contributed by atoms with Crippen LogP contribution in [-0.4, -0.2) is 45.0 Å². The second-order valence-electron chi connectivity index (χ2n) is 7.52. The molecule has 0 spiro atoms. The van der Waals surface area contributed by atoms with E-state index >= 15 is 0 Å². The molecule has 1 fully saturated rings. The van der Waals surface area contributed by atoms with Crippen LogP contribution in [-0.2, 0) is 4.79 Å². The highest BCUT2D eigenvalue weighted by atomic mass is 19.2. The summed E-state index contributed by atoms with van der Waals surface area (Å²) in [7, 11) is 0. The van der Waals surface area contributed by atoms with E-state index in [9.17, 15) is 27.6 Å². The van der Waals surface area contributed by atoms with E-state index in [2.05, 4.69) is 20.5 Å². The molecule has 3 heterocycles. The summed E-state index contributed by atoms with van der Waals surface area (Å²) in [6.45, 7) is 2.12. The lowest BCUT2D eigenvalue weighted by atomic mass is 10.1. The van der Waals surface area contributed by atoms with E-state index in [4.69, 9.17) is 0 Å². The van der Waals surface area contributed by atoms with Gasteiger partial charge in [0.25, 0.3) is 11.5 Å². The molecule has 3 N–H and O–H groups in total. The summed E-state index contributed by atoms with van der Waals surface area (Å²) in [6, 6.07) is 4.55. The SMILES string of the molecule is Cc1cn[nH]c(=O)c1-c1ccc(C(=O)N2CC[C@H](C(=O)Nc3cc(F)c(F)c(F)c3)C2)[nH]1. The Morgan fingerprint density at radius 1 is 1.19 bits per heavy atom. The molecule has 2 amide bonds. The van der Waals surface area contributed by atoms with Gasteiger partial charge in [-0.25, -0.2) is 18.3 Å². The number of hydrogen-bond donors (Lipinski definition) is 3. The maximum absolute atomic E-state index is 13.4. The van der Waals surface area contributed by atoms with Crippen molar-refractivity contribution in [2.45, 2.75) is 13.3 Å². The van der Waals surface area contributed by atoms with Gasteiger partial charge in [-0.15, -0.1) is 0 Å². The van der Waals surface area contributed by atoms with E-state index < -0.39 is 34.8 Å². The van der Waals surface area contributed by atoms with Gasteiger partial charge >= 0.3 is 0 Å². The summed E-state index contributed by atoms with van der Waals surface area (Å²) in [5, 5.41) is 8.42. The standard InChI is InChI=1S/C21H18F3N5O3/c1-10-8-25-28-20(31)17(10)15-2-3-16(27-15)21(32)29-5-4-11(9-29)19(30)26-12-6-13(22)18(24)14(23)7-12/h2-3,6-8,11,27H,4-5,9H2,1H3,(H,26,30)(H,28,31)/t11-/m0/s1. The third kappa shape index (κ3) is 4.01. The highest BCUT2D eigenvalue weighted by Crippen LogP contribution is 2.24. The third-order valence-corrected chi connectivity index (χ3v) is 5.33. The van der Waals surface area contributed by atoms with Gasteiger partial charge in [0.1, 0.15) is 5.69 Å². The molecule has 8 nitrogen and oxygen atoms in total. The van der Waals surface area contributed by atoms with E-state index in [0.717, 1.165) is 0 Å². The molecule has 0 aliphatic carbocycles. The number of carbonyl (C=O) groups is 2. The number of nitrogens with one attached hydrogen (secondary N) is 3. The number of aryl methyl sites for hydroxylation is 1. The fraction of sp³-hybridized carbons (Fsp3) is 0.238. The monoisotopic (exact) mass is 445 g/mol. The average Bonchev–Trinajstić information content (AvgIpc) is 3.42. The molecule has 1 aromatic carbocycles. The molecule has 32 heavy (non-hydrogen) atoms. The number of rotatable bonds is 4. The van der Waals surface area contributed by atoms with E-state index in [1.807, 2.05) is 0 Å².